The molecule has 4 fully saturated rings. The average molecular weight is 528 g/mol. The van der Waals surface area contributed by atoms with E-state index < -0.39 is 11.9 Å². The van der Waals surface area contributed by atoms with E-state index in [0.717, 1.165) is 90.1 Å². The van der Waals surface area contributed by atoms with Gasteiger partial charge in [-0.25, -0.2) is 4.79 Å². The molecule has 0 aromatic heterocycles. The number of carbonyl (C=O) groups is 3. The molecule has 0 aromatic rings. The number of barbiturate groups is 1. The fourth-order valence-corrected chi connectivity index (χ4v) is 7.87. The van der Waals surface area contributed by atoms with E-state index in [0.29, 0.717) is 49.7 Å². The molecule has 1 aliphatic heterocycles. The van der Waals surface area contributed by atoms with Crippen molar-refractivity contribution in [2.45, 2.75) is 83.5 Å². The summed E-state index contributed by atoms with van der Waals surface area (Å²) in [5.41, 5.74) is 5.97. The third kappa shape index (κ3) is 7.10. The van der Waals surface area contributed by atoms with Crippen molar-refractivity contribution in [1.82, 2.24) is 9.80 Å². The number of hydrogen-bond donors (Lipinski definition) is 1. The highest BCUT2D eigenvalue weighted by atomic mass is 16.2. The second-order valence-corrected chi connectivity index (χ2v) is 12.7. The number of carbonyl (C=O) groups excluding carboxylic acids is 3. The van der Waals surface area contributed by atoms with Crippen molar-refractivity contribution in [3.05, 3.63) is 0 Å². The first-order valence-corrected chi connectivity index (χ1v) is 15.1. The molecule has 1 saturated heterocycles. The lowest BCUT2D eigenvalue weighted by atomic mass is 9.76. The minimum atomic E-state index is -0.753. The number of nitrogens with zero attached hydrogens (tertiary/aromatic N) is 4. The Kier molecular flexibility index (Phi) is 10.5. The number of urea groups is 1. The highest BCUT2D eigenvalue weighted by Crippen LogP contribution is 2.38. The zero-order chi connectivity index (χ0) is 27.1. The van der Waals surface area contributed by atoms with Crippen molar-refractivity contribution in [3.63, 3.8) is 0 Å². The van der Waals surface area contributed by atoms with E-state index in [9.17, 15) is 14.4 Å². The second kappa shape index (κ2) is 13.8. The SMILES string of the molecule is C=NCC1CCCC(CC2C(=O)N(CC3CCCC(CN)C3)C(=O)N(CC3CCCC(CN=C)C3)C2=O)C1. The van der Waals surface area contributed by atoms with E-state index in [4.69, 9.17) is 5.73 Å². The first kappa shape index (κ1) is 28.9. The number of hydrogen-bond acceptors (Lipinski definition) is 6. The zero-order valence-corrected chi connectivity index (χ0v) is 23.3. The minimum Gasteiger partial charge on any atom is -0.330 e. The van der Waals surface area contributed by atoms with E-state index in [1.54, 1.807) is 0 Å². The number of imide groups is 2. The Balaban J connectivity index is 1.51. The molecule has 8 heteroatoms. The fraction of sp³-hybridized carbons (Fsp3) is 0.833. The molecule has 212 valence electrons. The van der Waals surface area contributed by atoms with Crippen molar-refractivity contribution >= 4 is 31.3 Å². The summed E-state index contributed by atoms with van der Waals surface area (Å²) in [6, 6.07) is -0.396. The number of rotatable bonds is 11. The molecule has 4 amide bonds. The van der Waals surface area contributed by atoms with Crippen LogP contribution in [0.15, 0.2) is 9.98 Å². The maximum Gasteiger partial charge on any atom is 0.333 e. The van der Waals surface area contributed by atoms with Crippen LogP contribution in [-0.4, -0.2) is 73.8 Å². The van der Waals surface area contributed by atoms with Crippen LogP contribution in [0.3, 0.4) is 0 Å². The fourth-order valence-electron chi connectivity index (χ4n) is 7.87. The van der Waals surface area contributed by atoms with Gasteiger partial charge in [-0.3, -0.25) is 19.4 Å². The molecule has 3 aliphatic carbocycles. The molecular formula is C30H49N5O3. The summed E-state index contributed by atoms with van der Waals surface area (Å²) in [6.45, 7) is 10.3. The smallest absolute Gasteiger partial charge is 0.330 e. The topological polar surface area (TPSA) is 108 Å². The Bertz CT molecular complexity index is 809. The highest BCUT2D eigenvalue weighted by Gasteiger charge is 2.48. The van der Waals surface area contributed by atoms with Crippen LogP contribution in [0.5, 0.6) is 0 Å². The maximum atomic E-state index is 13.8. The van der Waals surface area contributed by atoms with Crippen molar-refractivity contribution in [2.24, 2.45) is 57.1 Å². The molecule has 7 atom stereocenters. The largest absolute Gasteiger partial charge is 0.333 e. The van der Waals surface area contributed by atoms with Crippen LogP contribution in [0.2, 0.25) is 0 Å². The summed E-state index contributed by atoms with van der Waals surface area (Å²) in [5.74, 6) is 0.914. The number of aliphatic imine (C=N–C) groups is 2. The van der Waals surface area contributed by atoms with Crippen molar-refractivity contribution in [1.29, 1.82) is 0 Å². The molecule has 0 spiro atoms. The van der Waals surface area contributed by atoms with Crippen molar-refractivity contribution < 1.29 is 14.4 Å². The molecule has 0 bridgehead atoms. The summed E-state index contributed by atoms with van der Waals surface area (Å²) >= 11 is 0. The van der Waals surface area contributed by atoms with Gasteiger partial charge < -0.3 is 15.7 Å². The lowest BCUT2D eigenvalue weighted by Crippen LogP contribution is -2.61. The summed E-state index contributed by atoms with van der Waals surface area (Å²) in [4.78, 5) is 52.5. The molecule has 8 nitrogen and oxygen atoms in total. The molecular weight excluding hydrogens is 478 g/mol. The molecule has 38 heavy (non-hydrogen) atoms. The van der Waals surface area contributed by atoms with Crippen LogP contribution >= 0.6 is 0 Å². The van der Waals surface area contributed by atoms with Gasteiger partial charge in [0.2, 0.25) is 11.8 Å². The van der Waals surface area contributed by atoms with E-state index >= 15 is 0 Å². The van der Waals surface area contributed by atoms with Crippen LogP contribution in [0.25, 0.3) is 0 Å². The van der Waals surface area contributed by atoms with Gasteiger partial charge >= 0.3 is 6.03 Å². The van der Waals surface area contributed by atoms with Gasteiger partial charge in [0.15, 0.2) is 0 Å². The molecule has 1 heterocycles. The van der Waals surface area contributed by atoms with Gasteiger partial charge in [0.05, 0.1) is 0 Å². The summed E-state index contributed by atoms with van der Waals surface area (Å²) in [7, 11) is 0. The summed E-state index contributed by atoms with van der Waals surface area (Å²) in [6.07, 6.45) is 13.1. The van der Waals surface area contributed by atoms with Gasteiger partial charge in [0.1, 0.15) is 5.92 Å². The Hall–Kier alpha value is -2.09. The Morgan fingerprint density at radius 2 is 1.08 bits per heavy atom. The van der Waals surface area contributed by atoms with Gasteiger partial charge in [-0.05, 0) is 113 Å². The minimum absolute atomic E-state index is 0.258. The molecule has 0 aromatic carbocycles. The monoisotopic (exact) mass is 527 g/mol. The molecule has 7 unspecified atom stereocenters. The lowest BCUT2D eigenvalue weighted by molar-refractivity contribution is -0.151. The maximum absolute atomic E-state index is 13.8. The van der Waals surface area contributed by atoms with Gasteiger partial charge in [-0.1, -0.05) is 25.7 Å². The quantitative estimate of drug-likeness (QED) is 0.314. The predicted octanol–water partition coefficient (Wildman–Crippen LogP) is 4.56. The normalized spacial score (nSPS) is 34.9. The van der Waals surface area contributed by atoms with E-state index in [-0.39, 0.29) is 23.7 Å². The average Bonchev–Trinajstić information content (AvgIpc) is 2.92. The number of amides is 4. The van der Waals surface area contributed by atoms with Crippen molar-refractivity contribution in [2.75, 3.05) is 32.7 Å². The third-order valence-corrected chi connectivity index (χ3v) is 9.82. The van der Waals surface area contributed by atoms with Gasteiger partial charge in [0.25, 0.3) is 0 Å². The van der Waals surface area contributed by atoms with Crippen LogP contribution < -0.4 is 5.73 Å². The molecule has 0 radical (unpaired) electrons. The molecule has 2 N–H and O–H groups in total. The Morgan fingerprint density at radius 1 is 0.658 bits per heavy atom. The first-order chi connectivity index (χ1) is 18.4. The van der Waals surface area contributed by atoms with Crippen LogP contribution in [0, 0.1) is 41.4 Å². The summed E-state index contributed by atoms with van der Waals surface area (Å²) < 4.78 is 0. The first-order valence-electron chi connectivity index (χ1n) is 15.1. The van der Waals surface area contributed by atoms with E-state index in [1.807, 2.05) is 0 Å². The molecule has 4 aliphatic rings. The zero-order valence-electron chi connectivity index (χ0n) is 23.3. The van der Waals surface area contributed by atoms with Gasteiger partial charge in [0, 0.05) is 26.2 Å². The van der Waals surface area contributed by atoms with Crippen LogP contribution in [0.4, 0.5) is 4.79 Å². The van der Waals surface area contributed by atoms with Gasteiger partial charge in [-0.2, -0.15) is 0 Å². The molecule has 4 rings (SSSR count). The summed E-state index contributed by atoms with van der Waals surface area (Å²) in [5, 5.41) is 0. The van der Waals surface area contributed by atoms with Crippen LogP contribution in [-0.2, 0) is 9.59 Å². The second-order valence-electron chi connectivity index (χ2n) is 12.7. The Labute approximate surface area is 228 Å². The Morgan fingerprint density at radius 3 is 1.58 bits per heavy atom. The molecule has 3 saturated carbocycles. The lowest BCUT2D eigenvalue weighted by Gasteiger charge is -2.42. The van der Waals surface area contributed by atoms with Crippen LogP contribution in [0.1, 0.15) is 83.5 Å². The van der Waals surface area contributed by atoms with Crippen molar-refractivity contribution in [3.8, 4) is 0 Å². The highest BCUT2D eigenvalue weighted by molar-refractivity contribution is 6.16. The van der Waals surface area contributed by atoms with E-state index in [1.165, 1.54) is 9.80 Å². The van der Waals surface area contributed by atoms with E-state index in [2.05, 4.69) is 23.4 Å². The van der Waals surface area contributed by atoms with Gasteiger partial charge in [-0.15, -0.1) is 0 Å². The predicted molar refractivity (Wildman–Crippen MR) is 151 cm³/mol. The number of nitrogens with two attached hydrogens (primary N) is 1. The standard InChI is InChI=1S/C30H49N5O3/c1-32-17-23-8-3-6-21(12-23)15-27-28(36)34(19-25-10-4-7-22(13-25)16-31)30(38)35(29(27)37)20-26-11-5-9-24(14-26)18-33-2/h21-27H,1-20,31H2. The third-order valence-electron chi connectivity index (χ3n) is 9.82.